The number of carbonyl (C=O) groups excluding carboxylic acids is 1. The third-order valence-corrected chi connectivity index (χ3v) is 6.22. The van der Waals surface area contributed by atoms with Crippen molar-refractivity contribution in [1.29, 1.82) is 0 Å². The molecule has 1 unspecified atom stereocenters. The third kappa shape index (κ3) is 4.48. The highest BCUT2D eigenvalue weighted by Crippen LogP contribution is 2.25. The van der Waals surface area contributed by atoms with Gasteiger partial charge in [0.2, 0.25) is 15.9 Å². The van der Waals surface area contributed by atoms with E-state index in [0.29, 0.717) is 18.9 Å². The highest BCUT2D eigenvalue weighted by molar-refractivity contribution is 7.89. The molecule has 9 heteroatoms. The van der Waals surface area contributed by atoms with E-state index < -0.39 is 39.3 Å². The minimum Gasteiger partial charge on any atom is -0.326 e. The molecule has 1 heterocycles. The molecule has 1 fully saturated rings. The van der Waals surface area contributed by atoms with Gasteiger partial charge in [-0.3, -0.25) is 4.79 Å². The van der Waals surface area contributed by atoms with Crippen molar-refractivity contribution in [2.45, 2.75) is 17.7 Å². The summed E-state index contributed by atoms with van der Waals surface area (Å²) in [5.41, 5.74) is -0.0315. The zero-order valence-corrected chi connectivity index (χ0v) is 15.0. The predicted octanol–water partition coefficient (Wildman–Crippen LogP) is 3.14. The number of hydrogen-bond donors (Lipinski definition) is 1. The van der Waals surface area contributed by atoms with Crippen molar-refractivity contribution in [2.75, 3.05) is 18.4 Å². The predicted molar refractivity (Wildman–Crippen MR) is 92.9 cm³/mol. The summed E-state index contributed by atoms with van der Waals surface area (Å²) in [7, 11) is -3.86. The Hall–Kier alpha value is -2.39. The first kappa shape index (κ1) is 19.4. The number of hydrogen-bond acceptors (Lipinski definition) is 3. The zero-order valence-electron chi connectivity index (χ0n) is 14.2. The van der Waals surface area contributed by atoms with Gasteiger partial charge in [-0.15, -0.1) is 0 Å². The fraction of sp³-hybridized carbons (Fsp3) is 0.278. The molecule has 0 bridgehead atoms. The van der Waals surface area contributed by atoms with Crippen LogP contribution in [0.1, 0.15) is 12.8 Å². The maximum absolute atomic E-state index is 13.2. The zero-order chi connectivity index (χ0) is 19.6. The summed E-state index contributed by atoms with van der Waals surface area (Å²) >= 11 is 0. The Kier molecular flexibility index (Phi) is 5.52. The molecule has 5 nitrogen and oxygen atoms in total. The molecule has 0 aliphatic carbocycles. The molecule has 144 valence electrons. The van der Waals surface area contributed by atoms with E-state index in [1.165, 1.54) is 16.4 Å². The molecule has 1 aliphatic rings. The highest BCUT2D eigenvalue weighted by atomic mass is 32.2. The van der Waals surface area contributed by atoms with E-state index in [2.05, 4.69) is 5.32 Å². The van der Waals surface area contributed by atoms with Crippen molar-refractivity contribution in [1.82, 2.24) is 4.31 Å². The van der Waals surface area contributed by atoms with E-state index in [4.69, 9.17) is 0 Å². The number of sulfonamides is 1. The first-order valence-electron chi connectivity index (χ1n) is 8.28. The Bertz CT molecular complexity index is 929. The van der Waals surface area contributed by atoms with Crippen LogP contribution in [0.2, 0.25) is 0 Å². The van der Waals surface area contributed by atoms with Crippen LogP contribution in [0, 0.1) is 23.4 Å². The van der Waals surface area contributed by atoms with Crippen LogP contribution in [-0.2, 0) is 14.8 Å². The summed E-state index contributed by atoms with van der Waals surface area (Å²) in [5, 5.41) is 2.42. The summed E-state index contributed by atoms with van der Waals surface area (Å²) in [5.74, 6) is -3.38. The summed E-state index contributed by atoms with van der Waals surface area (Å²) in [4.78, 5) is 12.4. The summed E-state index contributed by atoms with van der Waals surface area (Å²) in [6, 6.07) is 7.10. The molecule has 1 aliphatic heterocycles. The van der Waals surface area contributed by atoms with Crippen LogP contribution in [0.5, 0.6) is 0 Å². The van der Waals surface area contributed by atoms with Crippen LogP contribution < -0.4 is 5.32 Å². The van der Waals surface area contributed by atoms with E-state index >= 15 is 0 Å². The largest absolute Gasteiger partial charge is 0.326 e. The van der Waals surface area contributed by atoms with Crippen LogP contribution >= 0.6 is 0 Å². The van der Waals surface area contributed by atoms with Crippen LogP contribution in [0.15, 0.2) is 47.4 Å². The lowest BCUT2D eigenvalue weighted by Gasteiger charge is -2.31. The van der Waals surface area contributed by atoms with Crippen molar-refractivity contribution in [2.24, 2.45) is 5.92 Å². The standard InChI is InChI=1S/C18H17F3N2O3S/c19-13-3-5-17(6-4-13)27(25,26)23-7-1-2-12(11-23)18(24)22-16-9-14(20)8-15(21)10-16/h3-6,8-10,12H,1-2,7,11H2,(H,22,24). The Morgan fingerprint density at radius 3 is 2.26 bits per heavy atom. The fourth-order valence-electron chi connectivity index (χ4n) is 3.00. The van der Waals surface area contributed by atoms with Crippen LogP contribution in [0.25, 0.3) is 0 Å². The average Bonchev–Trinajstić information content (AvgIpc) is 2.61. The molecule has 1 amide bonds. The number of carbonyl (C=O) groups is 1. The van der Waals surface area contributed by atoms with E-state index in [0.717, 1.165) is 24.3 Å². The molecule has 27 heavy (non-hydrogen) atoms. The summed E-state index contributed by atoms with van der Waals surface area (Å²) < 4.78 is 66.1. The lowest BCUT2D eigenvalue weighted by Crippen LogP contribution is -2.43. The lowest BCUT2D eigenvalue weighted by molar-refractivity contribution is -0.120. The molecule has 0 radical (unpaired) electrons. The second-order valence-electron chi connectivity index (χ2n) is 6.30. The monoisotopic (exact) mass is 398 g/mol. The fourth-order valence-corrected chi connectivity index (χ4v) is 4.52. The Morgan fingerprint density at radius 1 is 1.00 bits per heavy atom. The Balaban J connectivity index is 1.73. The van der Waals surface area contributed by atoms with E-state index in [-0.39, 0.29) is 23.7 Å². The van der Waals surface area contributed by atoms with Crippen LogP contribution in [0.4, 0.5) is 18.9 Å². The van der Waals surface area contributed by atoms with E-state index in [9.17, 15) is 26.4 Å². The molecular weight excluding hydrogens is 381 g/mol. The van der Waals surface area contributed by atoms with Gasteiger partial charge in [-0.1, -0.05) is 0 Å². The molecule has 1 N–H and O–H groups in total. The number of nitrogens with zero attached hydrogens (tertiary/aromatic N) is 1. The third-order valence-electron chi connectivity index (χ3n) is 4.34. The van der Waals surface area contributed by atoms with Gasteiger partial charge in [0, 0.05) is 24.8 Å². The molecule has 1 atom stereocenters. The Labute approximate surface area is 154 Å². The summed E-state index contributed by atoms with van der Waals surface area (Å²) in [6.07, 6.45) is 0.898. The first-order chi connectivity index (χ1) is 12.8. The second-order valence-corrected chi connectivity index (χ2v) is 8.24. The van der Waals surface area contributed by atoms with Crippen LogP contribution in [0.3, 0.4) is 0 Å². The van der Waals surface area contributed by atoms with Crippen molar-refractivity contribution in [3.63, 3.8) is 0 Å². The average molecular weight is 398 g/mol. The van der Waals surface area contributed by atoms with Gasteiger partial charge in [-0.25, -0.2) is 21.6 Å². The molecule has 0 spiro atoms. The van der Waals surface area contributed by atoms with Gasteiger partial charge in [0.15, 0.2) is 0 Å². The normalized spacial score (nSPS) is 18.3. The maximum Gasteiger partial charge on any atom is 0.243 e. The van der Waals surface area contributed by atoms with Crippen molar-refractivity contribution in [3.8, 4) is 0 Å². The minimum absolute atomic E-state index is 0.0315. The van der Waals surface area contributed by atoms with Gasteiger partial charge in [-0.2, -0.15) is 4.31 Å². The van der Waals surface area contributed by atoms with Gasteiger partial charge >= 0.3 is 0 Å². The number of halogens is 3. The van der Waals surface area contributed by atoms with Gasteiger partial charge in [0.25, 0.3) is 0 Å². The first-order valence-corrected chi connectivity index (χ1v) is 9.72. The number of nitrogens with one attached hydrogen (secondary N) is 1. The summed E-state index contributed by atoms with van der Waals surface area (Å²) in [6.45, 7) is 0.168. The number of amides is 1. The van der Waals surface area contributed by atoms with E-state index in [1.54, 1.807) is 0 Å². The van der Waals surface area contributed by atoms with E-state index in [1.807, 2.05) is 0 Å². The lowest BCUT2D eigenvalue weighted by atomic mass is 9.98. The smallest absolute Gasteiger partial charge is 0.243 e. The molecule has 2 aromatic rings. The second kappa shape index (κ2) is 7.69. The van der Waals surface area contributed by atoms with Gasteiger partial charge < -0.3 is 5.32 Å². The minimum atomic E-state index is -3.86. The number of anilines is 1. The topological polar surface area (TPSA) is 66.5 Å². The van der Waals surface area contributed by atoms with Crippen molar-refractivity contribution < 1.29 is 26.4 Å². The van der Waals surface area contributed by atoms with Crippen molar-refractivity contribution in [3.05, 3.63) is 59.9 Å². The van der Waals surface area contributed by atoms with Gasteiger partial charge in [0.05, 0.1) is 10.8 Å². The number of benzene rings is 2. The Morgan fingerprint density at radius 2 is 1.63 bits per heavy atom. The molecule has 0 saturated carbocycles. The molecular formula is C18H17F3N2O3S. The quantitative estimate of drug-likeness (QED) is 0.861. The van der Waals surface area contributed by atoms with Gasteiger partial charge in [0.1, 0.15) is 17.5 Å². The number of piperidine rings is 1. The number of rotatable bonds is 4. The SMILES string of the molecule is O=C(Nc1cc(F)cc(F)c1)C1CCCN(S(=O)(=O)c2ccc(F)cc2)C1. The van der Waals surface area contributed by atoms with Gasteiger partial charge in [-0.05, 0) is 49.2 Å². The maximum atomic E-state index is 13.2. The highest BCUT2D eigenvalue weighted by Gasteiger charge is 2.33. The molecule has 1 saturated heterocycles. The van der Waals surface area contributed by atoms with Crippen LogP contribution in [-0.4, -0.2) is 31.7 Å². The van der Waals surface area contributed by atoms with Crippen molar-refractivity contribution >= 4 is 21.6 Å². The molecule has 3 rings (SSSR count). The molecule has 0 aromatic heterocycles. The molecule has 2 aromatic carbocycles.